The molecular weight excluding hydrogens is 566 g/mol. The summed E-state index contributed by atoms with van der Waals surface area (Å²) in [5.41, 5.74) is 0.803. The monoisotopic (exact) mass is 609 g/mol. The molecule has 0 unspecified atom stereocenters. The maximum Gasteiger partial charge on any atom is 0.274 e. The first-order chi connectivity index (χ1) is 21.0. The number of nitrogens with zero attached hydrogens (tertiary/aromatic N) is 3. The summed E-state index contributed by atoms with van der Waals surface area (Å²) in [4.78, 5) is 70.2. The number of amides is 5. The van der Waals surface area contributed by atoms with Crippen LogP contribution in [0.3, 0.4) is 0 Å². The van der Waals surface area contributed by atoms with Crippen molar-refractivity contribution in [2.24, 2.45) is 5.92 Å². The number of carbonyl (C=O) groups excluding carboxylic acids is 5. The number of carbonyl (C=O) groups is 5. The smallest absolute Gasteiger partial charge is 0.274 e. The van der Waals surface area contributed by atoms with Crippen LogP contribution >= 0.6 is 0 Å². The molecule has 4 atom stereocenters. The highest BCUT2D eigenvalue weighted by molar-refractivity contribution is 5.97. The molecule has 1 fully saturated rings. The Balaban J connectivity index is 1.63. The fourth-order valence-corrected chi connectivity index (χ4v) is 5.49. The second kappa shape index (κ2) is 15.0. The molecule has 4 N–H and O–H groups in total. The Hall–Kier alpha value is -4.26. The van der Waals surface area contributed by atoms with Gasteiger partial charge in [0.15, 0.2) is 11.5 Å². The van der Waals surface area contributed by atoms with Crippen LogP contribution in [-0.2, 0) is 32.1 Å². The van der Waals surface area contributed by atoms with E-state index in [1.807, 2.05) is 56.1 Å². The standard InChI is InChI=1S/C31H43N7O6/c1-19(2)15-23-29(41)35-24(16-21-9-6-5-7-10-21)28(40)32-12-14-38(31(43)26-11-8-13-37(26)4)18-22-17-25(36-44-22)30(42)33-20(3)27(39)34-23/h5-7,9-10,17,19-20,23-24,26H,8,11-16,18H2,1-4H3,(H,32,40)(H,33,42)(H,34,39)(H,35,41)/t20-,23-,24-,26+/m1/s1. The lowest BCUT2D eigenvalue weighted by Crippen LogP contribution is -2.57. The molecule has 0 saturated carbocycles. The molecule has 13 heteroatoms. The summed E-state index contributed by atoms with van der Waals surface area (Å²) >= 11 is 0. The van der Waals surface area contributed by atoms with Gasteiger partial charge in [0.1, 0.15) is 18.1 Å². The van der Waals surface area contributed by atoms with Crippen LogP contribution in [0.5, 0.6) is 0 Å². The van der Waals surface area contributed by atoms with E-state index in [0.717, 1.165) is 18.5 Å². The number of likely N-dealkylation sites (tertiary alicyclic amines) is 1. The predicted octanol–water partition coefficient (Wildman–Crippen LogP) is 0.604. The Morgan fingerprint density at radius 1 is 1.00 bits per heavy atom. The summed E-state index contributed by atoms with van der Waals surface area (Å²) in [6, 6.07) is 7.56. The first kappa shape index (κ1) is 32.6. The van der Waals surface area contributed by atoms with E-state index in [1.54, 1.807) is 4.90 Å². The van der Waals surface area contributed by atoms with E-state index in [-0.39, 0.29) is 49.6 Å². The zero-order valence-electron chi connectivity index (χ0n) is 25.8. The normalized spacial score (nSPS) is 24.6. The van der Waals surface area contributed by atoms with E-state index in [0.29, 0.717) is 18.6 Å². The van der Waals surface area contributed by atoms with Crippen molar-refractivity contribution in [3.8, 4) is 0 Å². The average molecular weight is 610 g/mol. The third-order valence-corrected chi connectivity index (χ3v) is 7.93. The Bertz CT molecular complexity index is 1330. The molecule has 0 aliphatic carbocycles. The second-order valence-electron chi connectivity index (χ2n) is 12.0. The predicted molar refractivity (Wildman–Crippen MR) is 161 cm³/mol. The third kappa shape index (κ3) is 8.65. The highest BCUT2D eigenvalue weighted by atomic mass is 16.5. The number of rotatable bonds is 5. The van der Waals surface area contributed by atoms with Gasteiger partial charge in [-0.1, -0.05) is 49.3 Å². The first-order valence-electron chi connectivity index (χ1n) is 15.2. The maximum absolute atomic E-state index is 13.6. The molecule has 1 aromatic carbocycles. The zero-order chi connectivity index (χ0) is 31.8. The van der Waals surface area contributed by atoms with Gasteiger partial charge in [0, 0.05) is 25.6 Å². The summed E-state index contributed by atoms with van der Waals surface area (Å²) < 4.78 is 5.40. The van der Waals surface area contributed by atoms with E-state index in [2.05, 4.69) is 26.4 Å². The van der Waals surface area contributed by atoms with Gasteiger partial charge in [0.2, 0.25) is 23.6 Å². The molecule has 0 radical (unpaired) electrons. The van der Waals surface area contributed by atoms with Crippen LogP contribution < -0.4 is 21.3 Å². The van der Waals surface area contributed by atoms with Crippen molar-refractivity contribution in [1.82, 2.24) is 36.2 Å². The lowest BCUT2D eigenvalue weighted by molar-refractivity contribution is -0.137. The Morgan fingerprint density at radius 3 is 2.41 bits per heavy atom. The van der Waals surface area contributed by atoms with Crippen molar-refractivity contribution in [2.75, 3.05) is 26.7 Å². The van der Waals surface area contributed by atoms with Crippen molar-refractivity contribution in [3.05, 3.63) is 53.4 Å². The van der Waals surface area contributed by atoms with Gasteiger partial charge in [-0.25, -0.2) is 0 Å². The van der Waals surface area contributed by atoms with Crippen molar-refractivity contribution < 1.29 is 28.5 Å². The minimum atomic E-state index is -0.997. The molecule has 1 saturated heterocycles. The third-order valence-electron chi connectivity index (χ3n) is 7.93. The van der Waals surface area contributed by atoms with E-state index in [9.17, 15) is 24.0 Å². The quantitative estimate of drug-likeness (QED) is 0.383. The summed E-state index contributed by atoms with van der Waals surface area (Å²) in [5, 5.41) is 14.9. The number of benzene rings is 1. The molecular formula is C31H43N7O6. The molecule has 4 rings (SSSR count). The molecule has 0 spiro atoms. The number of fused-ring (bicyclic) bond motifs is 2. The average Bonchev–Trinajstić information content (AvgIpc) is 3.64. The van der Waals surface area contributed by atoms with Gasteiger partial charge in [-0.15, -0.1) is 0 Å². The maximum atomic E-state index is 13.6. The van der Waals surface area contributed by atoms with E-state index in [4.69, 9.17) is 4.52 Å². The molecule has 2 aromatic rings. The van der Waals surface area contributed by atoms with Gasteiger partial charge in [-0.3, -0.25) is 28.9 Å². The van der Waals surface area contributed by atoms with E-state index >= 15 is 0 Å². The summed E-state index contributed by atoms with van der Waals surface area (Å²) in [7, 11) is 1.90. The number of hydrogen-bond donors (Lipinski definition) is 4. The number of nitrogens with one attached hydrogen (secondary N) is 4. The molecule has 2 aliphatic rings. The molecule has 44 heavy (non-hydrogen) atoms. The van der Waals surface area contributed by atoms with Crippen molar-refractivity contribution >= 4 is 29.5 Å². The molecule has 3 heterocycles. The second-order valence-corrected chi connectivity index (χ2v) is 12.0. The van der Waals surface area contributed by atoms with Crippen molar-refractivity contribution in [1.29, 1.82) is 0 Å². The Morgan fingerprint density at radius 2 is 1.73 bits per heavy atom. The van der Waals surface area contributed by atoms with Gasteiger partial charge >= 0.3 is 0 Å². The highest BCUT2D eigenvalue weighted by Crippen LogP contribution is 2.19. The minimum absolute atomic E-state index is 0.0381. The number of aromatic nitrogens is 1. The summed E-state index contributed by atoms with van der Waals surface area (Å²) in [6.45, 7) is 6.47. The zero-order valence-corrected chi connectivity index (χ0v) is 25.8. The van der Waals surface area contributed by atoms with Gasteiger partial charge in [0.25, 0.3) is 5.91 Å². The van der Waals surface area contributed by atoms with Gasteiger partial charge in [-0.2, -0.15) is 0 Å². The Kier molecular flexibility index (Phi) is 11.1. The van der Waals surface area contributed by atoms with Crippen LogP contribution in [0.15, 0.2) is 40.9 Å². The van der Waals surface area contributed by atoms with Crippen LogP contribution in [0.1, 0.15) is 61.8 Å². The molecule has 5 amide bonds. The van der Waals surface area contributed by atoms with Crippen molar-refractivity contribution in [3.63, 3.8) is 0 Å². The number of likely N-dealkylation sites (N-methyl/N-ethyl adjacent to an activating group) is 1. The van der Waals surface area contributed by atoms with E-state index < -0.39 is 41.8 Å². The van der Waals surface area contributed by atoms with Crippen LogP contribution in [-0.4, -0.2) is 95.3 Å². The Labute approximate surface area is 257 Å². The molecule has 1 aromatic heterocycles. The minimum Gasteiger partial charge on any atom is -0.359 e. The van der Waals surface area contributed by atoms with Crippen LogP contribution in [0.2, 0.25) is 0 Å². The fourth-order valence-electron chi connectivity index (χ4n) is 5.49. The van der Waals surface area contributed by atoms with Gasteiger partial charge in [0.05, 0.1) is 12.6 Å². The largest absolute Gasteiger partial charge is 0.359 e. The first-order valence-corrected chi connectivity index (χ1v) is 15.2. The molecule has 2 bridgehead atoms. The lowest BCUT2D eigenvalue weighted by atomic mass is 10.0. The molecule has 238 valence electrons. The van der Waals surface area contributed by atoms with Gasteiger partial charge in [-0.05, 0) is 51.3 Å². The van der Waals surface area contributed by atoms with Crippen LogP contribution in [0.4, 0.5) is 0 Å². The lowest BCUT2D eigenvalue weighted by Gasteiger charge is -2.28. The molecule has 2 aliphatic heterocycles. The summed E-state index contributed by atoms with van der Waals surface area (Å²) in [6.07, 6.45) is 2.15. The topological polar surface area (TPSA) is 166 Å². The van der Waals surface area contributed by atoms with Crippen LogP contribution in [0.25, 0.3) is 0 Å². The van der Waals surface area contributed by atoms with Crippen molar-refractivity contribution in [2.45, 2.75) is 77.2 Å². The fraction of sp³-hybridized carbons (Fsp3) is 0.548. The molecule has 13 nitrogen and oxygen atoms in total. The van der Waals surface area contributed by atoms with E-state index in [1.165, 1.54) is 13.0 Å². The van der Waals surface area contributed by atoms with Crippen LogP contribution in [0, 0.1) is 5.92 Å². The number of hydrogen-bond acceptors (Lipinski definition) is 8. The highest BCUT2D eigenvalue weighted by Gasteiger charge is 2.33. The summed E-state index contributed by atoms with van der Waals surface area (Å²) in [5.74, 6) is -1.89. The SMILES string of the molecule is CC(C)C[C@H]1NC(=O)[C@@H](C)NC(=O)c2cc(on2)CN(C(=O)[C@@H]2CCCN2C)CCNC(=O)[C@@H](Cc2ccccc2)NC1=O. The van der Waals surface area contributed by atoms with Gasteiger partial charge < -0.3 is 30.7 Å².